The van der Waals surface area contributed by atoms with Crippen LogP contribution in [-0.4, -0.2) is 12.9 Å². The molecule has 21 heavy (non-hydrogen) atoms. The van der Waals surface area contributed by atoms with Crippen LogP contribution in [0.2, 0.25) is 5.02 Å². The lowest BCUT2D eigenvalue weighted by atomic mass is 10.0. The van der Waals surface area contributed by atoms with Gasteiger partial charge in [-0.15, -0.1) is 0 Å². The molecule has 0 spiro atoms. The van der Waals surface area contributed by atoms with Crippen LogP contribution in [0.15, 0.2) is 48.5 Å². The molecule has 1 fully saturated rings. The first kappa shape index (κ1) is 14.2. The first-order valence-electron chi connectivity index (χ1n) is 7.09. The summed E-state index contributed by atoms with van der Waals surface area (Å²) in [5.41, 5.74) is 2.13. The predicted octanol–water partition coefficient (Wildman–Crippen LogP) is 4.26. The second kappa shape index (κ2) is 5.90. The molecule has 2 unspecified atom stereocenters. The van der Waals surface area contributed by atoms with Crippen LogP contribution in [0.5, 0.6) is 5.75 Å². The molecule has 2 atom stereocenters. The van der Waals surface area contributed by atoms with E-state index in [1.165, 1.54) is 5.56 Å². The number of halogens is 1. The third-order valence-electron chi connectivity index (χ3n) is 4.04. The van der Waals surface area contributed by atoms with E-state index in [1.807, 2.05) is 30.3 Å². The summed E-state index contributed by atoms with van der Waals surface area (Å²) >= 11 is 6.01. The minimum absolute atomic E-state index is 0.135. The zero-order chi connectivity index (χ0) is 14.8. The maximum Gasteiger partial charge on any atom is 0.141 e. The fourth-order valence-electron chi connectivity index (χ4n) is 2.82. The van der Waals surface area contributed by atoms with Crippen molar-refractivity contribution < 1.29 is 9.53 Å². The molecule has 3 heteroatoms. The minimum atomic E-state index is 0.135. The topological polar surface area (TPSA) is 26.3 Å². The lowest BCUT2D eigenvalue weighted by Crippen LogP contribution is -2.07. The van der Waals surface area contributed by atoms with Crippen molar-refractivity contribution in [3.8, 4) is 5.75 Å². The zero-order valence-corrected chi connectivity index (χ0v) is 12.6. The average molecular weight is 301 g/mol. The number of hydrogen-bond donors (Lipinski definition) is 0. The van der Waals surface area contributed by atoms with E-state index in [-0.39, 0.29) is 11.7 Å². The van der Waals surface area contributed by atoms with Gasteiger partial charge in [-0.2, -0.15) is 0 Å². The number of ether oxygens (including phenoxy) is 1. The predicted molar refractivity (Wildman–Crippen MR) is 84.0 cm³/mol. The summed E-state index contributed by atoms with van der Waals surface area (Å²) < 4.78 is 5.30. The molecular weight excluding hydrogens is 284 g/mol. The van der Waals surface area contributed by atoms with Crippen LogP contribution in [0, 0.1) is 5.92 Å². The lowest BCUT2D eigenvalue weighted by Gasteiger charge is -2.08. The fraction of sp³-hybridized carbons (Fsp3) is 0.278. The Morgan fingerprint density at radius 2 is 2.00 bits per heavy atom. The molecule has 2 aromatic rings. The van der Waals surface area contributed by atoms with E-state index < -0.39 is 0 Å². The summed E-state index contributed by atoms with van der Waals surface area (Å²) in [6, 6.07) is 15.6. The average Bonchev–Trinajstić information content (AvgIpc) is 3.29. The van der Waals surface area contributed by atoms with Gasteiger partial charge in [-0.25, -0.2) is 0 Å². The molecule has 1 saturated carbocycles. The van der Waals surface area contributed by atoms with Crippen LogP contribution in [0.4, 0.5) is 0 Å². The van der Waals surface area contributed by atoms with Crippen LogP contribution in [-0.2, 0) is 11.2 Å². The fourth-order valence-corrected chi connectivity index (χ4v) is 3.02. The Kier molecular flexibility index (Phi) is 3.98. The molecule has 0 aromatic heterocycles. The van der Waals surface area contributed by atoms with Crippen molar-refractivity contribution in [2.75, 3.05) is 7.11 Å². The molecule has 0 saturated heterocycles. The van der Waals surface area contributed by atoms with Crippen LogP contribution in [0.3, 0.4) is 0 Å². The smallest absolute Gasteiger partial charge is 0.141 e. The van der Waals surface area contributed by atoms with Crippen molar-refractivity contribution in [1.29, 1.82) is 0 Å². The van der Waals surface area contributed by atoms with E-state index in [2.05, 4.69) is 12.1 Å². The van der Waals surface area contributed by atoms with Crippen molar-refractivity contribution in [3.05, 3.63) is 64.7 Å². The zero-order valence-electron chi connectivity index (χ0n) is 11.9. The quantitative estimate of drug-likeness (QED) is 0.824. The van der Waals surface area contributed by atoms with E-state index in [4.69, 9.17) is 16.3 Å². The third-order valence-corrected chi connectivity index (χ3v) is 4.27. The Labute approximate surface area is 129 Å². The SMILES string of the molecule is COc1ccc(Cl)cc1CC(=O)C1CC1c1ccccc1. The van der Waals surface area contributed by atoms with Crippen molar-refractivity contribution in [1.82, 2.24) is 0 Å². The number of carbonyl (C=O) groups is 1. The van der Waals surface area contributed by atoms with E-state index in [0.717, 1.165) is 17.7 Å². The molecule has 0 amide bonds. The number of methoxy groups -OCH3 is 1. The van der Waals surface area contributed by atoms with Crippen LogP contribution in [0.25, 0.3) is 0 Å². The summed E-state index contributed by atoms with van der Waals surface area (Å²) in [5.74, 6) is 1.51. The molecule has 2 nitrogen and oxygen atoms in total. The van der Waals surface area contributed by atoms with Gasteiger partial charge in [-0.3, -0.25) is 4.79 Å². The standard InChI is InChI=1S/C18H17ClO2/c1-21-18-8-7-14(19)9-13(18)10-17(20)16-11-15(16)12-5-3-2-4-6-12/h2-9,15-16H,10-11H2,1H3. The number of carbonyl (C=O) groups excluding carboxylic acids is 1. The molecule has 1 aliphatic rings. The molecule has 0 aliphatic heterocycles. The van der Waals surface area contributed by atoms with Crippen molar-refractivity contribution >= 4 is 17.4 Å². The van der Waals surface area contributed by atoms with Gasteiger partial charge < -0.3 is 4.74 Å². The van der Waals surface area contributed by atoms with Crippen LogP contribution in [0.1, 0.15) is 23.5 Å². The number of ketones is 1. The van der Waals surface area contributed by atoms with Gasteiger partial charge in [-0.1, -0.05) is 41.9 Å². The number of hydrogen-bond acceptors (Lipinski definition) is 2. The van der Waals surface area contributed by atoms with Gasteiger partial charge in [0.15, 0.2) is 0 Å². The normalized spacial score (nSPS) is 20.1. The number of rotatable bonds is 5. The first-order chi connectivity index (χ1) is 10.2. The molecule has 0 heterocycles. The van der Waals surface area contributed by atoms with Crippen molar-refractivity contribution in [3.63, 3.8) is 0 Å². The second-order valence-corrected chi connectivity index (χ2v) is 5.90. The van der Waals surface area contributed by atoms with Crippen molar-refractivity contribution in [2.45, 2.75) is 18.8 Å². The Morgan fingerprint density at radius 3 is 2.71 bits per heavy atom. The van der Waals surface area contributed by atoms with E-state index >= 15 is 0 Å². The Hall–Kier alpha value is -1.80. The van der Waals surface area contributed by atoms with Gasteiger partial charge in [-0.05, 0) is 36.1 Å². The summed E-state index contributed by atoms with van der Waals surface area (Å²) in [7, 11) is 1.61. The van der Waals surface area contributed by atoms with Gasteiger partial charge >= 0.3 is 0 Å². The summed E-state index contributed by atoms with van der Waals surface area (Å²) in [6.07, 6.45) is 1.34. The molecule has 2 aromatic carbocycles. The van der Waals surface area contributed by atoms with Crippen LogP contribution < -0.4 is 4.74 Å². The largest absolute Gasteiger partial charge is 0.496 e. The van der Waals surface area contributed by atoms with Crippen molar-refractivity contribution in [2.24, 2.45) is 5.92 Å². The second-order valence-electron chi connectivity index (χ2n) is 5.46. The highest BCUT2D eigenvalue weighted by Gasteiger charge is 2.43. The molecule has 0 radical (unpaired) electrons. The van der Waals surface area contributed by atoms with Gasteiger partial charge in [0.25, 0.3) is 0 Å². The maximum atomic E-state index is 12.4. The first-order valence-corrected chi connectivity index (χ1v) is 7.47. The Bertz CT molecular complexity index is 652. The molecule has 0 N–H and O–H groups in total. The van der Waals surface area contributed by atoms with Gasteiger partial charge in [0.05, 0.1) is 7.11 Å². The molecule has 1 aliphatic carbocycles. The van der Waals surface area contributed by atoms with Gasteiger partial charge in [0.1, 0.15) is 11.5 Å². The molecule has 108 valence electrons. The summed E-state index contributed by atoms with van der Waals surface area (Å²) in [6.45, 7) is 0. The monoisotopic (exact) mass is 300 g/mol. The van der Waals surface area contributed by atoms with E-state index in [9.17, 15) is 4.79 Å². The van der Waals surface area contributed by atoms with Gasteiger partial charge in [0.2, 0.25) is 0 Å². The molecular formula is C18H17ClO2. The Balaban J connectivity index is 1.70. The van der Waals surface area contributed by atoms with Crippen LogP contribution >= 0.6 is 11.6 Å². The van der Waals surface area contributed by atoms with E-state index in [0.29, 0.717) is 17.4 Å². The highest BCUT2D eigenvalue weighted by Crippen LogP contribution is 2.48. The summed E-state index contributed by atoms with van der Waals surface area (Å²) in [4.78, 5) is 12.4. The third kappa shape index (κ3) is 3.11. The molecule has 0 bridgehead atoms. The highest BCUT2D eigenvalue weighted by molar-refractivity contribution is 6.30. The van der Waals surface area contributed by atoms with E-state index in [1.54, 1.807) is 13.2 Å². The Morgan fingerprint density at radius 1 is 1.24 bits per heavy atom. The minimum Gasteiger partial charge on any atom is -0.496 e. The van der Waals surface area contributed by atoms with Gasteiger partial charge in [0, 0.05) is 22.9 Å². The highest BCUT2D eigenvalue weighted by atomic mass is 35.5. The molecule has 3 rings (SSSR count). The lowest BCUT2D eigenvalue weighted by molar-refractivity contribution is -0.119. The maximum absolute atomic E-state index is 12.4. The number of Topliss-reactive ketones (excluding diaryl/α,β-unsaturated/α-hetero) is 1. The summed E-state index contributed by atoms with van der Waals surface area (Å²) in [5, 5.41) is 0.633. The number of benzene rings is 2.